The molecule has 0 saturated heterocycles. The van der Waals surface area contributed by atoms with Gasteiger partial charge in [-0.25, -0.2) is 9.78 Å². The van der Waals surface area contributed by atoms with Gasteiger partial charge >= 0.3 is 5.97 Å². The number of nitrogens with zero attached hydrogens (tertiary/aromatic N) is 1. The van der Waals surface area contributed by atoms with E-state index in [1.807, 2.05) is 0 Å². The van der Waals surface area contributed by atoms with Crippen molar-refractivity contribution in [1.82, 2.24) is 10.3 Å². The predicted molar refractivity (Wildman–Crippen MR) is 65.1 cm³/mol. The van der Waals surface area contributed by atoms with Gasteiger partial charge in [0, 0.05) is 25.3 Å². The van der Waals surface area contributed by atoms with Gasteiger partial charge in [0.1, 0.15) is 5.82 Å². The van der Waals surface area contributed by atoms with E-state index in [9.17, 15) is 4.79 Å². The van der Waals surface area contributed by atoms with Crippen LogP contribution in [0.5, 0.6) is 0 Å². The number of aromatic nitrogens is 1. The molecule has 0 amide bonds. The van der Waals surface area contributed by atoms with Crippen LogP contribution >= 0.6 is 0 Å². The van der Waals surface area contributed by atoms with E-state index in [4.69, 9.17) is 0 Å². The zero-order chi connectivity index (χ0) is 12.1. The van der Waals surface area contributed by atoms with Crippen molar-refractivity contribution in [1.29, 1.82) is 0 Å². The van der Waals surface area contributed by atoms with Crippen LogP contribution in [0.1, 0.15) is 23.2 Å². The number of hydrogen-bond acceptors (Lipinski definition) is 5. The van der Waals surface area contributed by atoms with Gasteiger partial charge in [0.25, 0.3) is 0 Å². The van der Waals surface area contributed by atoms with Crippen LogP contribution in [0.25, 0.3) is 0 Å². The number of carbonyl (C=O) groups is 1. The van der Waals surface area contributed by atoms with Crippen LogP contribution in [0.3, 0.4) is 0 Å². The second kappa shape index (κ2) is 5.63. The fraction of sp³-hybridized carbons (Fsp3) is 0.500. The van der Waals surface area contributed by atoms with E-state index in [2.05, 4.69) is 20.4 Å². The SMILES string of the molecule is COC(=O)c1ccnc(NCCNC2CC2)c1. The normalized spacial score (nSPS) is 14.4. The summed E-state index contributed by atoms with van der Waals surface area (Å²) in [6, 6.07) is 4.05. The third kappa shape index (κ3) is 3.71. The fourth-order valence-electron chi connectivity index (χ4n) is 1.53. The zero-order valence-electron chi connectivity index (χ0n) is 9.90. The third-order valence-electron chi connectivity index (χ3n) is 2.62. The molecule has 0 bridgehead atoms. The van der Waals surface area contributed by atoms with Gasteiger partial charge in [0.05, 0.1) is 12.7 Å². The van der Waals surface area contributed by atoms with Gasteiger partial charge in [0.15, 0.2) is 0 Å². The van der Waals surface area contributed by atoms with Crippen molar-refractivity contribution < 1.29 is 9.53 Å². The van der Waals surface area contributed by atoms with Gasteiger partial charge in [-0.05, 0) is 25.0 Å². The standard InChI is InChI=1S/C12H17N3O2/c1-17-12(16)9-4-5-14-11(8-9)15-7-6-13-10-2-3-10/h4-5,8,10,13H,2-3,6-7H2,1H3,(H,14,15). The number of ether oxygens (including phenoxy) is 1. The molecule has 0 unspecified atom stereocenters. The molecule has 5 nitrogen and oxygen atoms in total. The minimum absolute atomic E-state index is 0.341. The van der Waals surface area contributed by atoms with Gasteiger partial charge < -0.3 is 15.4 Å². The fourth-order valence-corrected chi connectivity index (χ4v) is 1.53. The summed E-state index contributed by atoms with van der Waals surface area (Å²) in [7, 11) is 1.37. The Morgan fingerprint density at radius 2 is 2.35 bits per heavy atom. The number of methoxy groups -OCH3 is 1. The van der Waals surface area contributed by atoms with E-state index in [1.54, 1.807) is 18.3 Å². The summed E-state index contributed by atoms with van der Waals surface area (Å²) in [6.45, 7) is 1.71. The largest absolute Gasteiger partial charge is 0.465 e. The van der Waals surface area contributed by atoms with Crippen molar-refractivity contribution in [2.45, 2.75) is 18.9 Å². The average Bonchev–Trinajstić information content (AvgIpc) is 3.18. The average molecular weight is 235 g/mol. The molecule has 0 aliphatic heterocycles. The molecule has 1 aliphatic carbocycles. The van der Waals surface area contributed by atoms with Crippen LogP contribution in [-0.4, -0.2) is 37.2 Å². The maximum Gasteiger partial charge on any atom is 0.338 e. The van der Waals surface area contributed by atoms with Crippen molar-refractivity contribution in [3.05, 3.63) is 23.9 Å². The van der Waals surface area contributed by atoms with Gasteiger partial charge in [-0.2, -0.15) is 0 Å². The topological polar surface area (TPSA) is 63.2 Å². The first-order valence-electron chi connectivity index (χ1n) is 5.81. The number of carbonyl (C=O) groups excluding carboxylic acids is 1. The molecule has 1 saturated carbocycles. The van der Waals surface area contributed by atoms with E-state index < -0.39 is 0 Å². The molecule has 2 rings (SSSR count). The molecule has 1 aliphatic rings. The molecule has 2 N–H and O–H groups in total. The Morgan fingerprint density at radius 3 is 3.06 bits per heavy atom. The Kier molecular flexibility index (Phi) is 3.93. The predicted octanol–water partition coefficient (Wildman–Crippen LogP) is 1.03. The van der Waals surface area contributed by atoms with E-state index in [0.29, 0.717) is 17.4 Å². The quantitative estimate of drug-likeness (QED) is 0.569. The molecule has 1 aromatic heterocycles. The van der Waals surface area contributed by atoms with E-state index in [0.717, 1.165) is 13.1 Å². The minimum atomic E-state index is -0.341. The lowest BCUT2D eigenvalue weighted by Gasteiger charge is -2.07. The molecule has 0 spiro atoms. The van der Waals surface area contributed by atoms with Crippen LogP contribution in [0, 0.1) is 0 Å². The lowest BCUT2D eigenvalue weighted by atomic mass is 10.2. The van der Waals surface area contributed by atoms with Crippen molar-refractivity contribution in [2.24, 2.45) is 0 Å². The lowest BCUT2D eigenvalue weighted by molar-refractivity contribution is 0.0600. The van der Waals surface area contributed by atoms with Crippen molar-refractivity contribution in [3.63, 3.8) is 0 Å². The lowest BCUT2D eigenvalue weighted by Crippen LogP contribution is -2.24. The molecule has 0 aromatic carbocycles. The number of esters is 1. The first-order chi connectivity index (χ1) is 8.29. The molecule has 17 heavy (non-hydrogen) atoms. The first-order valence-corrected chi connectivity index (χ1v) is 5.81. The van der Waals surface area contributed by atoms with Crippen LogP contribution in [0.15, 0.2) is 18.3 Å². The zero-order valence-corrected chi connectivity index (χ0v) is 9.90. The highest BCUT2D eigenvalue weighted by Crippen LogP contribution is 2.17. The van der Waals surface area contributed by atoms with E-state index in [-0.39, 0.29) is 5.97 Å². The summed E-state index contributed by atoms with van der Waals surface area (Å²) in [5, 5.41) is 6.56. The second-order valence-electron chi connectivity index (χ2n) is 4.08. The smallest absolute Gasteiger partial charge is 0.338 e. The van der Waals surface area contributed by atoms with Crippen LogP contribution in [0.2, 0.25) is 0 Å². The molecule has 1 heterocycles. The third-order valence-corrected chi connectivity index (χ3v) is 2.62. The Labute approximate surface area is 101 Å². The van der Waals surface area contributed by atoms with Gasteiger partial charge in [-0.15, -0.1) is 0 Å². The number of pyridine rings is 1. The number of anilines is 1. The summed E-state index contributed by atoms with van der Waals surface area (Å²) in [6.07, 6.45) is 4.18. The van der Waals surface area contributed by atoms with Crippen molar-refractivity contribution in [3.8, 4) is 0 Å². The highest BCUT2D eigenvalue weighted by atomic mass is 16.5. The maximum atomic E-state index is 11.3. The molecular weight excluding hydrogens is 218 g/mol. The number of rotatable bonds is 6. The van der Waals surface area contributed by atoms with Gasteiger partial charge in [-0.1, -0.05) is 0 Å². The Hall–Kier alpha value is -1.62. The molecule has 0 radical (unpaired) electrons. The summed E-state index contributed by atoms with van der Waals surface area (Å²) >= 11 is 0. The second-order valence-corrected chi connectivity index (χ2v) is 4.08. The number of nitrogens with one attached hydrogen (secondary N) is 2. The Bertz CT molecular complexity index is 391. The molecular formula is C12H17N3O2. The van der Waals surface area contributed by atoms with Crippen molar-refractivity contribution >= 4 is 11.8 Å². The van der Waals surface area contributed by atoms with Crippen molar-refractivity contribution in [2.75, 3.05) is 25.5 Å². The molecule has 1 aromatic rings. The molecule has 5 heteroatoms. The van der Waals surface area contributed by atoms with Crippen LogP contribution in [-0.2, 0) is 4.74 Å². The molecule has 0 atom stereocenters. The van der Waals surface area contributed by atoms with Crippen LogP contribution < -0.4 is 10.6 Å². The molecule has 1 fully saturated rings. The number of hydrogen-bond donors (Lipinski definition) is 2. The van der Waals surface area contributed by atoms with Gasteiger partial charge in [-0.3, -0.25) is 0 Å². The summed E-state index contributed by atoms with van der Waals surface area (Å²) < 4.78 is 4.65. The van der Waals surface area contributed by atoms with Gasteiger partial charge in [0.2, 0.25) is 0 Å². The maximum absolute atomic E-state index is 11.3. The van der Waals surface area contributed by atoms with Crippen LogP contribution in [0.4, 0.5) is 5.82 Å². The summed E-state index contributed by atoms with van der Waals surface area (Å²) in [5.74, 6) is 0.358. The Balaban J connectivity index is 1.80. The first kappa shape index (κ1) is 11.9. The summed E-state index contributed by atoms with van der Waals surface area (Å²) in [5.41, 5.74) is 0.514. The summed E-state index contributed by atoms with van der Waals surface area (Å²) in [4.78, 5) is 15.4. The highest BCUT2D eigenvalue weighted by Gasteiger charge is 2.19. The van der Waals surface area contributed by atoms with E-state index >= 15 is 0 Å². The monoisotopic (exact) mass is 235 g/mol. The highest BCUT2D eigenvalue weighted by molar-refractivity contribution is 5.89. The molecule has 92 valence electrons. The Morgan fingerprint density at radius 1 is 1.53 bits per heavy atom. The minimum Gasteiger partial charge on any atom is -0.465 e. The van der Waals surface area contributed by atoms with E-state index in [1.165, 1.54) is 20.0 Å².